The second-order valence-electron chi connectivity index (χ2n) is 4.63. The topological polar surface area (TPSA) is 112 Å². The van der Waals surface area contributed by atoms with Gasteiger partial charge in [-0.1, -0.05) is 12.1 Å². The van der Waals surface area contributed by atoms with Gasteiger partial charge in [0, 0.05) is 17.4 Å². The maximum Gasteiger partial charge on any atom is 0.266 e. The predicted octanol–water partition coefficient (Wildman–Crippen LogP) is 2.14. The zero-order valence-electron chi connectivity index (χ0n) is 12.9. The first-order chi connectivity index (χ1) is 11.9. The second kappa shape index (κ2) is 8.02. The summed E-state index contributed by atoms with van der Waals surface area (Å²) in [6.07, 6.45) is 1.21. The summed E-state index contributed by atoms with van der Waals surface area (Å²) >= 11 is 4.96. The third kappa shape index (κ3) is 4.61. The summed E-state index contributed by atoms with van der Waals surface area (Å²) in [5.74, 6) is -1.49. The Morgan fingerprint density at radius 2 is 2.12 bits per heavy atom. The largest absolute Gasteiger partial charge is 0.865 e. The second-order valence-corrected chi connectivity index (χ2v) is 5.04. The first-order valence-electron chi connectivity index (χ1n) is 6.80. The smallest absolute Gasteiger partial charge is 0.266 e. The van der Waals surface area contributed by atoms with Crippen molar-refractivity contribution in [2.24, 2.45) is 5.10 Å². The molecule has 0 fully saturated rings. The number of anilines is 1. The molecule has 10 heteroatoms. The molecule has 0 radical (unpaired) electrons. The van der Waals surface area contributed by atoms with E-state index in [1.807, 2.05) is 0 Å². The summed E-state index contributed by atoms with van der Waals surface area (Å²) in [6, 6.07) is 8.29. The third-order valence-electron chi connectivity index (χ3n) is 2.98. The van der Waals surface area contributed by atoms with Crippen molar-refractivity contribution in [2.75, 3.05) is 12.4 Å². The highest BCUT2D eigenvalue weighted by Gasteiger charge is 2.12. The Bertz CT molecular complexity index is 844. The van der Waals surface area contributed by atoms with E-state index in [4.69, 9.17) is 17.0 Å². The molecule has 8 nitrogen and oxygen atoms in total. The monoisotopic (exact) mass is 363 g/mol. The molecule has 0 saturated carbocycles. The number of nitro benzene ring substituents is 1. The minimum absolute atomic E-state index is 0.0169. The van der Waals surface area contributed by atoms with Crippen LogP contribution in [-0.4, -0.2) is 23.4 Å². The number of nitro groups is 1. The van der Waals surface area contributed by atoms with Gasteiger partial charge in [-0.3, -0.25) is 15.5 Å². The van der Waals surface area contributed by atoms with E-state index in [1.165, 1.54) is 37.6 Å². The molecule has 2 N–H and O–H groups in total. The Hall–Kier alpha value is -3.27. The van der Waals surface area contributed by atoms with Crippen LogP contribution in [0.2, 0.25) is 0 Å². The van der Waals surface area contributed by atoms with Crippen molar-refractivity contribution >= 4 is 34.9 Å². The van der Waals surface area contributed by atoms with Crippen molar-refractivity contribution in [1.82, 2.24) is 5.43 Å². The molecule has 0 aliphatic heterocycles. The fraction of sp³-hybridized carbons (Fsp3) is 0.0667. The van der Waals surface area contributed by atoms with Gasteiger partial charge in [0.05, 0.1) is 23.9 Å². The molecule has 0 aliphatic rings. The normalized spacial score (nSPS) is 10.5. The van der Waals surface area contributed by atoms with Crippen LogP contribution in [0.25, 0.3) is 0 Å². The molecule has 0 saturated heterocycles. The summed E-state index contributed by atoms with van der Waals surface area (Å²) in [4.78, 5) is 10.1. The number of thiocarbonyl (C=S) groups is 1. The molecule has 0 aliphatic carbocycles. The quantitative estimate of drug-likeness (QED) is 0.362. The molecule has 2 aromatic carbocycles. The molecule has 0 unspecified atom stereocenters. The van der Waals surface area contributed by atoms with Crippen LogP contribution in [0, 0.1) is 15.9 Å². The first-order valence-corrected chi connectivity index (χ1v) is 7.21. The number of nitrogens with one attached hydrogen (secondary N) is 2. The first kappa shape index (κ1) is 18.1. The number of hydrazone groups is 1. The Balaban J connectivity index is 2.09. The van der Waals surface area contributed by atoms with Gasteiger partial charge in [-0.05, 0) is 30.4 Å². The molecule has 2 aromatic rings. The number of hydrogen-bond acceptors (Lipinski definition) is 6. The van der Waals surface area contributed by atoms with E-state index < -0.39 is 22.2 Å². The molecule has 0 atom stereocenters. The van der Waals surface area contributed by atoms with Gasteiger partial charge in [-0.15, -0.1) is 0 Å². The van der Waals surface area contributed by atoms with Gasteiger partial charge >= 0.3 is 0 Å². The van der Waals surface area contributed by atoms with E-state index >= 15 is 0 Å². The van der Waals surface area contributed by atoms with Crippen molar-refractivity contribution in [3.63, 3.8) is 0 Å². The van der Waals surface area contributed by atoms with Crippen molar-refractivity contribution in [2.45, 2.75) is 0 Å². The van der Waals surface area contributed by atoms with Crippen molar-refractivity contribution in [1.29, 1.82) is 0 Å². The highest BCUT2D eigenvalue weighted by Crippen LogP contribution is 2.33. The number of methoxy groups -OCH3 is 1. The zero-order valence-corrected chi connectivity index (χ0v) is 13.7. The summed E-state index contributed by atoms with van der Waals surface area (Å²) < 4.78 is 18.3. The SMILES string of the molecule is COc1cc(/C=N\NC(=S)Nc2ccccc2F)cc([N+](=O)[O-])c1[O-]. The Morgan fingerprint density at radius 1 is 1.40 bits per heavy atom. The van der Waals surface area contributed by atoms with Gasteiger partial charge in [0.15, 0.2) is 5.11 Å². The lowest BCUT2D eigenvalue weighted by atomic mass is 10.2. The molecule has 0 aromatic heterocycles. The average molecular weight is 363 g/mol. The number of nitrogens with zero attached hydrogens (tertiary/aromatic N) is 2. The zero-order chi connectivity index (χ0) is 18.4. The van der Waals surface area contributed by atoms with E-state index in [9.17, 15) is 19.6 Å². The van der Waals surface area contributed by atoms with Crippen molar-refractivity contribution in [3.05, 3.63) is 57.9 Å². The molecular formula is C15H12FN4O4S-. The molecule has 0 heterocycles. The van der Waals surface area contributed by atoms with E-state index in [2.05, 4.69) is 15.8 Å². The standard InChI is InChI=1S/C15H13FN4O4S/c1-24-13-7-9(6-12(14(13)21)20(22)23)8-17-19-15(25)18-11-5-3-2-4-10(11)16/h2-8,21H,1H3,(H2,18,19,25)/p-1/b17-8-. The minimum atomic E-state index is -0.825. The predicted molar refractivity (Wildman–Crippen MR) is 92.4 cm³/mol. The summed E-state index contributed by atoms with van der Waals surface area (Å²) in [5.41, 5.74) is 2.23. The molecule has 0 bridgehead atoms. The van der Waals surface area contributed by atoms with E-state index in [-0.39, 0.29) is 22.1 Å². The van der Waals surface area contributed by atoms with Gasteiger partial charge in [-0.2, -0.15) is 5.10 Å². The van der Waals surface area contributed by atoms with Crippen LogP contribution < -0.4 is 20.6 Å². The van der Waals surface area contributed by atoms with E-state index in [1.54, 1.807) is 6.07 Å². The van der Waals surface area contributed by atoms with Crippen LogP contribution >= 0.6 is 12.2 Å². The van der Waals surface area contributed by atoms with Crippen LogP contribution in [0.15, 0.2) is 41.5 Å². The highest BCUT2D eigenvalue weighted by molar-refractivity contribution is 7.80. The lowest BCUT2D eigenvalue weighted by molar-refractivity contribution is -0.398. The molecule has 25 heavy (non-hydrogen) atoms. The molecule has 130 valence electrons. The van der Waals surface area contributed by atoms with Gasteiger partial charge in [0.2, 0.25) is 0 Å². The Kier molecular flexibility index (Phi) is 5.79. The number of ether oxygens (including phenoxy) is 1. The van der Waals surface area contributed by atoms with Gasteiger partial charge in [-0.25, -0.2) is 4.39 Å². The van der Waals surface area contributed by atoms with Crippen LogP contribution in [0.1, 0.15) is 5.56 Å². The summed E-state index contributed by atoms with van der Waals surface area (Å²) in [5, 5.41) is 29.0. The van der Waals surface area contributed by atoms with Gasteiger partial charge < -0.3 is 15.2 Å². The summed E-state index contributed by atoms with van der Waals surface area (Å²) in [6.45, 7) is 0. The van der Waals surface area contributed by atoms with Gasteiger partial charge in [0.1, 0.15) is 11.6 Å². The van der Waals surface area contributed by atoms with E-state index in [0.29, 0.717) is 0 Å². The van der Waals surface area contributed by atoms with Crippen LogP contribution in [-0.2, 0) is 0 Å². The number of rotatable bonds is 5. The third-order valence-corrected chi connectivity index (χ3v) is 3.17. The fourth-order valence-corrected chi connectivity index (χ4v) is 2.01. The molecule has 0 spiro atoms. The maximum atomic E-state index is 13.5. The minimum Gasteiger partial charge on any atom is -0.865 e. The Morgan fingerprint density at radius 3 is 2.76 bits per heavy atom. The number of para-hydroxylation sites is 1. The number of hydrogen-bond donors (Lipinski definition) is 2. The maximum absolute atomic E-state index is 13.5. The Labute approximate surface area is 147 Å². The lowest BCUT2D eigenvalue weighted by Crippen LogP contribution is -2.24. The van der Waals surface area contributed by atoms with E-state index in [0.717, 1.165) is 6.07 Å². The number of halogens is 1. The van der Waals surface area contributed by atoms with Crippen molar-refractivity contribution < 1.29 is 19.2 Å². The number of benzene rings is 2. The van der Waals surface area contributed by atoms with Gasteiger partial charge in [0.25, 0.3) is 5.69 Å². The van der Waals surface area contributed by atoms with Crippen LogP contribution in [0.3, 0.4) is 0 Å². The average Bonchev–Trinajstić information content (AvgIpc) is 2.58. The van der Waals surface area contributed by atoms with Crippen LogP contribution in [0.5, 0.6) is 11.5 Å². The molecule has 0 amide bonds. The molecule has 2 rings (SSSR count). The lowest BCUT2D eigenvalue weighted by Gasteiger charge is -2.13. The highest BCUT2D eigenvalue weighted by atomic mass is 32.1. The molecular weight excluding hydrogens is 351 g/mol. The van der Waals surface area contributed by atoms with Crippen LogP contribution in [0.4, 0.5) is 15.8 Å². The van der Waals surface area contributed by atoms with Crippen molar-refractivity contribution in [3.8, 4) is 11.5 Å². The fourth-order valence-electron chi connectivity index (χ4n) is 1.85. The summed E-state index contributed by atoms with van der Waals surface area (Å²) in [7, 11) is 1.23.